The molecule has 0 aliphatic heterocycles. The maximum atomic E-state index is 12.9. The van der Waals surface area contributed by atoms with Gasteiger partial charge in [-0.15, -0.1) is 11.3 Å². The van der Waals surface area contributed by atoms with Crippen LogP contribution in [0, 0.1) is 13.8 Å². The molecule has 2 amide bonds. The summed E-state index contributed by atoms with van der Waals surface area (Å²) in [5, 5.41) is 5.85. The third-order valence-corrected chi connectivity index (χ3v) is 7.80. The van der Waals surface area contributed by atoms with Gasteiger partial charge in [-0.1, -0.05) is 13.8 Å². The first-order valence-electron chi connectivity index (χ1n) is 9.90. The van der Waals surface area contributed by atoms with Crippen LogP contribution in [0.5, 0.6) is 0 Å². The third-order valence-electron chi connectivity index (χ3n) is 4.77. The van der Waals surface area contributed by atoms with Crippen molar-refractivity contribution in [1.82, 2.24) is 9.62 Å². The van der Waals surface area contributed by atoms with E-state index in [1.165, 1.54) is 39.9 Å². The van der Waals surface area contributed by atoms with Crippen LogP contribution in [-0.2, 0) is 10.0 Å². The molecule has 1 aromatic heterocycles. The predicted molar refractivity (Wildman–Crippen MR) is 121 cm³/mol. The first-order valence-corrected chi connectivity index (χ1v) is 12.2. The van der Waals surface area contributed by atoms with Gasteiger partial charge in [0.1, 0.15) is 5.00 Å². The Kier molecular flexibility index (Phi) is 8.17. The van der Waals surface area contributed by atoms with Gasteiger partial charge in [-0.25, -0.2) is 8.42 Å². The number of amides is 2. The maximum absolute atomic E-state index is 12.9. The van der Waals surface area contributed by atoms with Gasteiger partial charge in [0, 0.05) is 30.6 Å². The third kappa shape index (κ3) is 5.08. The minimum Gasteiger partial charge on any atom is -0.355 e. The lowest BCUT2D eigenvalue weighted by Crippen LogP contribution is -2.32. The minimum atomic E-state index is -3.60. The fraction of sp³-hybridized carbons (Fsp3) is 0.429. The fourth-order valence-electron chi connectivity index (χ4n) is 3.07. The molecule has 0 bridgehead atoms. The van der Waals surface area contributed by atoms with Crippen molar-refractivity contribution in [3.63, 3.8) is 0 Å². The monoisotopic (exact) mass is 451 g/mol. The van der Waals surface area contributed by atoms with E-state index in [1.54, 1.807) is 7.05 Å². The van der Waals surface area contributed by atoms with Crippen molar-refractivity contribution in [3.8, 4) is 0 Å². The highest BCUT2D eigenvalue weighted by molar-refractivity contribution is 7.89. The Bertz CT molecular complexity index is 1010. The number of aryl methyl sites for hydroxylation is 1. The average molecular weight is 452 g/mol. The molecule has 1 aromatic carbocycles. The number of rotatable bonds is 9. The molecule has 7 nitrogen and oxygen atoms in total. The molecule has 2 aromatic rings. The van der Waals surface area contributed by atoms with Crippen LogP contribution in [-0.4, -0.2) is 44.7 Å². The van der Waals surface area contributed by atoms with E-state index in [4.69, 9.17) is 0 Å². The van der Waals surface area contributed by atoms with Gasteiger partial charge in [-0.3, -0.25) is 9.59 Å². The smallest absolute Gasteiger partial charge is 0.256 e. The summed E-state index contributed by atoms with van der Waals surface area (Å²) in [4.78, 5) is 26.0. The molecule has 0 unspecified atom stereocenters. The Morgan fingerprint density at radius 1 is 1.00 bits per heavy atom. The molecular formula is C21H29N3O4S2. The molecule has 2 N–H and O–H groups in total. The van der Waals surface area contributed by atoms with Crippen molar-refractivity contribution in [2.75, 3.05) is 25.5 Å². The van der Waals surface area contributed by atoms with Gasteiger partial charge in [0.2, 0.25) is 10.0 Å². The molecule has 164 valence electrons. The summed E-state index contributed by atoms with van der Waals surface area (Å²) in [5.41, 5.74) is 1.59. The van der Waals surface area contributed by atoms with Crippen molar-refractivity contribution in [1.29, 1.82) is 0 Å². The Morgan fingerprint density at radius 3 is 2.07 bits per heavy atom. The number of anilines is 1. The molecule has 0 saturated carbocycles. The summed E-state index contributed by atoms with van der Waals surface area (Å²) >= 11 is 1.33. The zero-order valence-corrected chi connectivity index (χ0v) is 19.7. The van der Waals surface area contributed by atoms with Crippen molar-refractivity contribution in [3.05, 3.63) is 45.8 Å². The van der Waals surface area contributed by atoms with E-state index in [0.29, 0.717) is 29.2 Å². The highest BCUT2D eigenvalue weighted by atomic mass is 32.2. The summed E-state index contributed by atoms with van der Waals surface area (Å²) in [6.07, 6.45) is 1.46. The number of thiophene rings is 1. The second kappa shape index (κ2) is 10.2. The molecule has 1 heterocycles. The predicted octanol–water partition coefficient (Wildman–Crippen LogP) is 3.79. The molecule has 9 heteroatoms. The number of nitrogens with one attached hydrogen (secondary N) is 2. The normalized spacial score (nSPS) is 11.5. The SMILES string of the molecule is CCCN(CCC)S(=O)(=O)c1ccc(C(=O)Nc2sc(C)c(C)c2C(=O)NC)cc1. The van der Waals surface area contributed by atoms with E-state index in [2.05, 4.69) is 10.6 Å². The number of benzene rings is 1. The summed E-state index contributed by atoms with van der Waals surface area (Å²) < 4.78 is 27.2. The van der Waals surface area contributed by atoms with Gasteiger partial charge < -0.3 is 10.6 Å². The number of sulfonamides is 1. The Balaban J connectivity index is 2.26. The van der Waals surface area contributed by atoms with Crippen LogP contribution in [0.4, 0.5) is 5.00 Å². The largest absolute Gasteiger partial charge is 0.355 e. The minimum absolute atomic E-state index is 0.162. The lowest BCUT2D eigenvalue weighted by molar-refractivity contribution is 0.0963. The van der Waals surface area contributed by atoms with Gasteiger partial charge in [-0.05, 0) is 56.5 Å². The molecule has 0 saturated heterocycles. The highest BCUT2D eigenvalue weighted by Gasteiger charge is 2.24. The van der Waals surface area contributed by atoms with E-state index < -0.39 is 15.9 Å². The lowest BCUT2D eigenvalue weighted by Gasteiger charge is -2.21. The zero-order valence-electron chi connectivity index (χ0n) is 18.0. The second-order valence-corrected chi connectivity index (χ2v) is 10.1. The molecule has 0 fully saturated rings. The standard InChI is InChI=1S/C21H29N3O4S2/c1-6-12-24(13-7-2)30(27,28)17-10-8-16(9-11-17)19(25)23-21-18(20(26)22-5)14(3)15(4)29-21/h8-11H,6-7,12-13H2,1-5H3,(H,22,26)(H,23,25). The zero-order chi connectivity index (χ0) is 22.5. The number of carbonyl (C=O) groups is 2. The van der Waals surface area contributed by atoms with Gasteiger partial charge in [0.05, 0.1) is 10.5 Å². The number of carbonyl (C=O) groups excluding carboxylic acids is 2. The maximum Gasteiger partial charge on any atom is 0.256 e. The highest BCUT2D eigenvalue weighted by Crippen LogP contribution is 2.32. The molecule has 30 heavy (non-hydrogen) atoms. The fourth-order valence-corrected chi connectivity index (χ4v) is 5.74. The van der Waals surface area contributed by atoms with Crippen LogP contribution in [0.2, 0.25) is 0 Å². The van der Waals surface area contributed by atoms with Crippen LogP contribution in [0.1, 0.15) is 57.8 Å². The molecule has 0 atom stereocenters. The molecule has 0 aliphatic carbocycles. The van der Waals surface area contributed by atoms with Crippen molar-refractivity contribution in [2.24, 2.45) is 0 Å². The quantitative estimate of drug-likeness (QED) is 0.606. The van der Waals surface area contributed by atoms with E-state index in [1.807, 2.05) is 27.7 Å². The first kappa shape index (κ1) is 24.0. The van der Waals surface area contributed by atoms with Crippen LogP contribution >= 0.6 is 11.3 Å². The summed E-state index contributed by atoms with van der Waals surface area (Å²) in [6, 6.07) is 5.89. The second-order valence-electron chi connectivity index (χ2n) is 6.95. The summed E-state index contributed by atoms with van der Waals surface area (Å²) in [6.45, 7) is 8.51. The number of nitrogens with zero attached hydrogens (tertiary/aromatic N) is 1. The first-order chi connectivity index (χ1) is 14.2. The summed E-state index contributed by atoms with van der Waals surface area (Å²) in [5.74, 6) is -0.662. The number of hydrogen-bond acceptors (Lipinski definition) is 5. The van der Waals surface area contributed by atoms with E-state index in [9.17, 15) is 18.0 Å². The topological polar surface area (TPSA) is 95.6 Å². The lowest BCUT2D eigenvalue weighted by atomic mass is 10.1. The van der Waals surface area contributed by atoms with Crippen LogP contribution in [0.15, 0.2) is 29.2 Å². The van der Waals surface area contributed by atoms with Crippen LogP contribution < -0.4 is 10.6 Å². The van der Waals surface area contributed by atoms with Gasteiger partial charge in [0.15, 0.2) is 0 Å². The molecule has 0 aliphatic rings. The Labute approximate surface area is 182 Å². The summed E-state index contributed by atoms with van der Waals surface area (Å²) in [7, 11) is -2.06. The molecule has 0 radical (unpaired) electrons. The van der Waals surface area contributed by atoms with Crippen molar-refractivity contribution >= 4 is 38.2 Å². The van der Waals surface area contributed by atoms with Crippen molar-refractivity contribution in [2.45, 2.75) is 45.4 Å². The van der Waals surface area contributed by atoms with Crippen LogP contribution in [0.25, 0.3) is 0 Å². The number of hydrogen-bond donors (Lipinski definition) is 2. The van der Waals surface area contributed by atoms with Crippen molar-refractivity contribution < 1.29 is 18.0 Å². The molecule has 0 spiro atoms. The van der Waals surface area contributed by atoms with Gasteiger partial charge >= 0.3 is 0 Å². The van der Waals surface area contributed by atoms with Crippen LogP contribution in [0.3, 0.4) is 0 Å². The molecule has 2 rings (SSSR count). The van der Waals surface area contributed by atoms with Gasteiger partial charge in [0.25, 0.3) is 11.8 Å². The van der Waals surface area contributed by atoms with Gasteiger partial charge in [-0.2, -0.15) is 4.31 Å². The Morgan fingerprint density at radius 2 is 1.57 bits per heavy atom. The van der Waals surface area contributed by atoms with E-state index in [0.717, 1.165) is 23.3 Å². The van der Waals surface area contributed by atoms with E-state index in [-0.39, 0.29) is 10.8 Å². The molecular weight excluding hydrogens is 422 g/mol. The Hall–Kier alpha value is -2.23. The van der Waals surface area contributed by atoms with E-state index >= 15 is 0 Å². The average Bonchev–Trinajstić information content (AvgIpc) is 3.00.